The predicted octanol–water partition coefficient (Wildman–Crippen LogP) is 3.52. The standard InChI is InChI=1S/C21H19F3N4O3/c1-27-9-10-28-19(27)12-18(26-20(28)29)30-11-8-14-2-5-16(6-3-14)31-17-7-4-15(13-25-17)21(22,23)24/h2-7,12-13H,8-11H2,1H3. The van der Waals surface area contributed by atoms with Gasteiger partial charge in [0.1, 0.15) is 11.6 Å². The highest BCUT2D eigenvalue weighted by Crippen LogP contribution is 2.30. The molecule has 4 rings (SSSR count). The first kappa shape index (κ1) is 20.7. The third-order valence-electron chi connectivity index (χ3n) is 4.87. The van der Waals surface area contributed by atoms with E-state index in [2.05, 4.69) is 9.97 Å². The molecule has 0 amide bonds. The molecular formula is C21H19F3N4O3. The molecule has 162 valence electrons. The summed E-state index contributed by atoms with van der Waals surface area (Å²) in [5.74, 6) is 1.60. The van der Waals surface area contributed by atoms with Crippen LogP contribution in [0.5, 0.6) is 17.5 Å². The Morgan fingerprint density at radius 1 is 1.06 bits per heavy atom. The first-order chi connectivity index (χ1) is 14.8. The van der Waals surface area contributed by atoms with Gasteiger partial charge in [0.15, 0.2) is 0 Å². The quantitative estimate of drug-likeness (QED) is 0.594. The van der Waals surface area contributed by atoms with Gasteiger partial charge in [-0.2, -0.15) is 18.2 Å². The number of rotatable bonds is 6. The van der Waals surface area contributed by atoms with Crippen LogP contribution in [0.15, 0.2) is 53.5 Å². The minimum absolute atomic E-state index is 0.0722. The molecule has 0 atom stereocenters. The summed E-state index contributed by atoms with van der Waals surface area (Å²) >= 11 is 0. The van der Waals surface area contributed by atoms with Crippen LogP contribution in [0.4, 0.5) is 19.0 Å². The van der Waals surface area contributed by atoms with Crippen molar-refractivity contribution in [2.75, 3.05) is 25.1 Å². The smallest absolute Gasteiger partial charge is 0.417 e. The number of hydrogen-bond acceptors (Lipinski definition) is 6. The average molecular weight is 432 g/mol. The molecule has 0 saturated carbocycles. The molecule has 2 aromatic heterocycles. The van der Waals surface area contributed by atoms with Crippen LogP contribution in [0.1, 0.15) is 11.1 Å². The van der Waals surface area contributed by atoms with Crippen LogP contribution < -0.4 is 20.1 Å². The van der Waals surface area contributed by atoms with Crippen molar-refractivity contribution in [2.24, 2.45) is 0 Å². The lowest BCUT2D eigenvalue weighted by Crippen LogP contribution is -2.22. The highest BCUT2D eigenvalue weighted by Gasteiger charge is 2.30. The monoisotopic (exact) mass is 432 g/mol. The van der Waals surface area contributed by atoms with Gasteiger partial charge in [0.2, 0.25) is 11.8 Å². The molecule has 31 heavy (non-hydrogen) atoms. The van der Waals surface area contributed by atoms with E-state index in [0.29, 0.717) is 31.2 Å². The normalized spacial score (nSPS) is 13.2. The van der Waals surface area contributed by atoms with E-state index >= 15 is 0 Å². The molecule has 0 saturated heterocycles. The van der Waals surface area contributed by atoms with Gasteiger partial charge in [0.25, 0.3) is 0 Å². The van der Waals surface area contributed by atoms with E-state index < -0.39 is 11.7 Å². The molecule has 7 nitrogen and oxygen atoms in total. The van der Waals surface area contributed by atoms with Crippen molar-refractivity contribution >= 4 is 5.82 Å². The second kappa shape index (κ2) is 8.29. The Kier molecular flexibility index (Phi) is 5.53. The SMILES string of the molecule is CN1CCn2c1cc(OCCc1ccc(Oc3ccc(C(F)(F)F)cn3)cc1)nc2=O. The number of likely N-dealkylation sites (N-methyl/N-ethyl adjacent to an activating group) is 1. The number of hydrogen-bond donors (Lipinski definition) is 0. The molecule has 0 spiro atoms. The fourth-order valence-electron chi connectivity index (χ4n) is 3.16. The minimum Gasteiger partial charge on any atom is -0.477 e. The summed E-state index contributed by atoms with van der Waals surface area (Å²) in [6.07, 6.45) is -3.12. The van der Waals surface area contributed by atoms with Crippen LogP contribution in [-0.4, -0.2) is 34.7 Å². The maximum atomic E-state index is 12.6. The van der Waals surface area contributed by atoms with Crippen molar-refractivity contribution in [2.45, 2.75) is 19.1 Å². The molecule has 0 N–H and O–H groups in total. The number of pyridine rings is 1. The maximum absolute atomic E-state index is 12.6. The Bertz CT molecular complexity index is 1110. The minimum atomic E-state index is -4.44. The Morgan fingerprint density at radius 2 is 1.84 bits per heavy atom. The zero-order valence-electron chi connectivity index (χ0n) is 16.6. The Morgan fingerprint density at radius 3 is 2.52 bits per heavy atom. The van der Waals surface area contributed by atoms with E-state index in [0.717, 1.165) is 30.2 Å². The molecule has 3 heterocycles. The van der Waals surface area contributed by atoms with Gasteiger partial charge in [-0.25, -0.2) is 9.78 Å². The van der Waals surface area contributed by atoms with Crippen molar-refractivity contribution in [3.63, 3.8) is 0 Å². The van der Waals surface area contributed by atoms with E-state index in [1.807, 2.05) is 24.1 Å². The fourth-order valence-corrected chi connectivity index (χ4v) is 3.16. The van der Waals surface area contributed by atoms with Gasteiger partial charge in [-0.1, -0.05) is 12.1 Å². The Hall–Kier alpha value is -3.56. The zero-order valence-corrected chi connectivity index (χ0v) is 16.6. The second-order valence-corrected chi connectivity index (χ2v) is 7.04. The molecule has 0 aliphatic carbocycles. The van der Waals surface area contributed by atoms with Gasteiger partial charge in [-0.3, -0.25) is 4.57 Å². The summed E-state index contributed by atoms with van der Waals surface area (Å²) in [4.78, 5) is 21.6. The number of halogens is 3. The van der Waals surface area contributed by atoms with Gasteiger partial charge in [-0.05, 0) is 23.8 Å². The first-order valence-electron chi connectivity index (χ1n) is 9.55. The number of aromatic nitrogens is 3. The summed E-state index contributed by atoms with van der Waals surface area (Å²) in [6, 6.07) is 10.9. The van der Waals surface area contributed by atoms with Crippen LogP contribution in [0, 0.1) is 0 Å². The van der Waals surface area contributed by atoms with Crippen molar-refractivity contribution in [3.05, 3.63) is 70.3 Å². The third kappa shape index (κ3) is 4.79. The lowest BCUT2D eigenvalue weighted by molar-refractivity contribution is -0.137. The fraction of sp³-hybridized carbons (Fsp3) is 0.286. The van der Waals surface area contributed by atoms with Gasteiger partial charge >= 0.3 is 11.9 Å². The second-order valence-electron chi connectivity index (χ2n) is 7.04. The number of alkyl halides is 3. The summed E-state index contributed by atoms with van der Waals surface area (Å²) < 4.78 is 50.5. The third-order valence-corrected chi connectivity index (χ3v) is 4.87. The van der Waals surface area contributed by atoms with Crippen molar-refractivity contribution in [3.8, 4) is 17.5 Å². The predicted molar refractivity (Wildman–Crippen MR) is 107 cm³/mol. The molecule has 1 aromatic carbocycles. The molecule has 1 aliphatic rings. The van der Waals surface area contributed by atoms with Crippen LogP contribution in [0.3, 0.4) is 0 Å². The van der Waals surface area contributed by atoms with Gasteiger partial charge in [0.05, 0.1) is 12.2 Å². The molecular weight excluding hydrogens is 413 g/mol. The number of anilines is 1. The lowest BCUT2D eigenvalue weighted by Gasteiger charge is -2.12. The van der Waals surface area contributed by atoms with Crippen molar-refractivity contribution in [1.29, 1.82) is 0 Å². The van der Waals surface area contributed by atoms with E-state index in [9.17, 15) is 18.0 Å². The summed E-state index contributed by atoms with van der Waals surface area (Å²) in [6.45, 7) is 1.71. The van der Waals surface area contributed by atoms with Gasteiger partial charge in [-0.15, -0.1) is 0 Å². The molecule has 1 aliphatic heterocycles. The Labute approximate surface area is 175 Å². The van der Waals surface area contributed by atoms with Gasteiger partial charge in [0, 0.05) is 44.9 Å². The number of benzene rings is 1. The maximum Gasteiger partial charge on any atom is 0.417 e. The number of nitrogens with zero attached hydrogens (tertiary/aromatic N) is 4. The molecule has 0 radical (unpaired) electrons. The Balaban J connectivity index is 1.32. The van der Waals surface area contributed by atoms with Crippen LogP contribution in [0.2, 0.25) is 0 Å². The van der Waals surface area contributed by atoms with E-state index in [-0.39, 0.29) is 11.6 Å². The average Bonchev–Trinajstić information content (AvgIpc) is 3.10. The molecule has 10 heteroatoms. The van der Waals surface area contributed by atoms with Crippen molar-refractivity contribution < 1.29 is 22.6 Å². The van der Waals surface area contributed by atoms with Gasteiger partial charge < -0.3 is 14.4 Å². The van der Waals surface area contributed by atoms with Crippen LogP contribution in [0.25, 0.3) is 0 Å². The summed E-state index contributed by atoms with van der Waals surface area (Å²) in [5, 5.41) is 0. The van der Waals surface area contributed by atoms with E-state index in [1.54, 1.807) is 22.8 Å². The summed E-state index contributed by atoms with van der Waals surface area (Å²) in [5.41, 5.74) is -0.194. The topological polar surface area (TPSA) is 69.5 Å². The number of ether oxygens (including phenoxy) is 2. The highest BCUT2D eigenvalue weighted by atomic mass is 19.4. The van der Waals surface area contributed by atoms with Crippen molar-refractivity contribution in [1.82, 2.24) is 14.5 Å². The molecule has 0 bridgehead atoms. The largest absolute Gasteiger partial charge is 0.477 e. The first-order valence-corrected chi connectivity index (χ1v) is 9.55. The van der Waals surface area contributed by atoms with Crippen LogP contribution >= 0.6 is 0 Å². The lowest BCUT2D eigenvalue weighted by atomic mass is 10.1. The number of fused-ring (bicyclic) bond motifs is 1. The zero-order chi connectivity index (χ0) is 22.0. The van der Waals surface area contributed by atoms with Crippen LogP contribution in [-0.2, 0) is 19.1 Å². The summed E-state index contributed by atoms with van der Waals surface area (Å²) in [7, 11) is 1.91. The van der Waals surface area contributed by atoms with E-state index in [1.165, 1.54) is 6.07 Å². The molecule has 3 aromatic rings. The molecule has 0 unspecified atom stereocenters. The molecule has 0 fully saturated rings. The van der Waals surface area contributed by atoms with E-state index in [4.69, 9.17) is 9.47 Å². The highest BCUT2D eigenvalue weighted by molar-refractivity contribution is 5.44.